The van der Waals surface area contributed by atoms with Crippen molar-refractivity contribution in [1.82, 2.24) is 0 Å². The van der Waals surface area contributed by atoms with E-state index in [1.165, 1.54) is 0 Å². The predicted molar refractivity (Wildman–Crippen MR) is 51.9 cm³/mol. The Hall–Kier alpha value is -1.14. The second-order valence-electron chi connectivity index (χ2n) is 2.89. The Balaban J connectivity index is 3.81. The molecule has 2 atom stereocenters. The summed E-state index contributed by atoms with van der Waals surface area (Å²) >= 11 is 0. The van der Waals surface area contributed by atoms with Crippen LogP contribution in [0.25, 0.3) is 0 Å². The Kier molecular flexibility index (Phi) is 5.01. The van der Waals surface area contributed by atoms with E-state index in [9.17, 15) is 4.79 Å². The fourth-order valence-corrected chi connectivity index (χ4v) is 0.813. The van der Waals surface area contributed by atoms with Crippen LogP contribution in [-0.4, -0.2) is 30.4 Å². The molecule has 0 radical (unpaired) electrons. The molecule has 0 saturated heterocycles. The Morgan fingerprint density at radius 3 is 2.31 bits per heavy atom. The van der Waals surface area contributed by atoms with Gasteiger partial charge in [-0.15, -0.1) is 0 Å². The van der Waals surface area contributed by atoms with Crippen LogP contribution in [0.5, 0.6) is 0 Å². The van der Waals surface area contributed by atoms with Crippen molar-refractivity contribution in [3.05, 3.63) is 0 Å². The maximum absolute atomic E-state index is 11.2. The maximum Gasteiger partial charge on any atom is 0.185 e. The molecule has 0 fully saturated rings. The minimum Gasteiger partial charge on any atom is -0.370 e. The SMILES string of the molecule is CC(N)C(=O)C(N)CCN=C(N)N. The first-order chi connectivity index (χ1) is 5.95. The normalized spacial score (nSPS) is 14.7. The monoisotopic (exact) mass is 187 g/mol. The van der Waals surface area contributed by atoms with E-state index < -0.39 is 12.1 Å². The van der Waals surface area contributed by atoms with Crippen LogP contribution >= 0.6 is 0 Å². The summed E-state index contributed by atoms with van der Waals surface area (Å²) in [7, 11) is 0. The zero-order valence-electron chi connectivity index (χ0n) is 7.73. The lowest BCUT2D eigenvalue weighted by molar-refractivity contribution is -0.121. The first-order valence-electron chi connectivity index (χ1n) is 4.05. The Morgan fingerprint density at radius 1 is 1.38 bits per heavy atom. The highest BCUT2D eigenvalue weighted by Crippen LogP contribution is 1.93. The number of nitrogens with two attached hydrogens (primary N) is 4. The Labute approximate surface area is 77.3 Å². The molecule has 0 aromatic carbocycles. The van der Waals surface area contributed by atoms with Crippen molar-refractivity contribution in [3.63, 3.8) is 0 Å². The number of Topliss-reactive ketones (excluding diaryl/α,β-unsaturated/α-hetero) is 1. The van der Waals surface area contributed by atoms with Gasteiger partial charge in [-0.3, -0.25) is 9.79 Å². The van der Waals surface area contributed by atoms with Gasteiger partial charge in [-0.25, -0.2) is 0 Å². The van der Waals surface area contributed by atoms with Crippen LogP contribution in [0.3, 0.4) is 0 Å². The van der Waals surface area contributed by atoms with Gasteiger partial charge in [0.15, 0.2) is 11.7 Å². The van der Waals surface area contributed by atoms with Crippen LogP contribution < -0.4 is 22.9 Å². The molecule has 8 N–H and O–H groups in total. The second-order valence-corrected chi connectivity index (χ2v) is 2.89. The number of guanidine groups is 1. The van der Waals surface area contributed by atoms with Gasteiger partial charge < -0.3 is 22.9 Å². The van der Waals surface area contributed by atoms with Crippen LogP contribution in [0, 0.1) is 0 Å². The number of nitrogens with zero attached hydrogens (tertiary/aromatic N) is 1. The maximum atomic E-state index is 11.2. The number of aliphatic imine (C=N–C) groups is 1. The standard InChI is InChI=1S/C7H17N5O/c1-4(8)6(13)5(9)2-3-12-7(10)11/h4-5H,2-3,8-9H2,1H3,(H4,10,11,12). The molecule has 0 saturated carbocycles. The van der Waals surface area contributed by atoms with E-state index in [4.69, 9.17) is 22.9 Å². The molecular weight excluding hydrogens is 170 g/mol. The number of rotatable bonds is 5. The summed E-state index contributed by atoms with van der Waals surface area (Å²) in [6.45, 7) is 1.95. The second kappa shape index (κ2) is 5.50. The highest BCUT2D eigenvalue weighted by molar-refractivity contribution is 5.88. The van der Waals surface area contributed by atoms with Crippen LogP contribution in [0.4, 0.5) is 0 Å². The average molecular weight is 187 g/mol. The minimum absolute atomic E-state index is 0.000413. The minimum atomic E-state index is -0.580. The van der Waals surface area contributed by atoms with E-state index in [0.29, 0.717) is 13.0 Å². The third kappa shape index (κ3) is 5.15. The van der Waals surface area contributed by atoms with E-state index in [1.54, 1.807) is 6.92 Å². The van der Waals surface area contributed by atoms with Gasteiger partial charge >= 0.3 is 0 Å². The van der Waals surface area contributed by atoms with E-state index in [1.807, 2.05) is 0 Å². The fraction of sp³-hybridized carbons (Fsp3) is 0.714. The van der Waals surface area contributed by atoms with Crippen LogP contribution in [0.2, 0.25) is 0 Å². The van der Waals surface area contributed by atoms with Crippen LogP contribution in [0.1, 0.15) is 13.3 Å². The van der Waals surface area contributed by atoms with E-state index in [2.05, 4.69) is 4.99 Å². The molecule has 13 heavy (non-hydrogen) atoms. The molecule has 0 rings (SSSR count). The van der Waals surface area contributed by atoms with Gasteiger partial charge in [-0.1, -0.05) is 0 Å². The van der Waals surface area contributed by atoms with E-state index in [0.717, 1.165) is 0 Å². The molecule has 0 aliphatic rings. The number of ketones is 1. The summed E-state index contributed by atoms with van der Waals surface area (Å²) in [6.07, 6.45) is 0.415. The van der Waals surface area contributed by atoms with Gasteiger partial charge in [0.05, 0.1) is 12.1 Å². The Morgan fingerprint density at radius 2 is 1.92 bits per heavy atom. The van der Waals surface area contributed by atoms with E-state index in [-0.39, 0.29) is 11.7 Å². The summed E-state index contributed by atoms with van der Waals surface area (Å²) in [5, 5.41) is 0. The molecule has 6 nitrogen and oxygen atoms in total. The van der Waals surface area contributed by atoms with Gasteiger partial charge in [0.25, 0.3) is 0 Å². The lowest BCUT2D eigenvalue weighted by Gasteiger charge is -2.11. The van der Waals surface area contributed by atoms with Gasteiger partial charge in [0.2, 0.25) is 0 Å². The molecule has 0 heterocycles. The lowest BCUT2D eigenvalue weighted by Crippen LogP contribution is -2.42. The average Bonchev–Trinajstić information content (AvgIpc) is 2.02. The number of hydrogen-bond donors (Lipinski definition) is 4. The van der Waals surface area contributed by atoms with Gasteiger partial charge in [-0.2, -0.15) is 0 Å². The van der Waals surface area contributed by atoms with Crippen LogP contribution in [-0.2, 0) is 4.79 Å². The summed E-state index contributed by atoms with van der Waals surface area (Å²) in [5.41, 5.74) is 21.1. The van der Waals surface area contributed by atoms with E-state index >= 15 is 0 Å². The molecule has 76 valence electrons. The van der Waals surface area contributed by atoms with Crippen molar-refractivity contribution < 1.29 is 4.79 Å². The quantitative estimate of drug-likeness (QED) is 0.289. The summed E-state index contributed by atoms with van der Waals surface area (Å²) in [6, 6.07) is -1.11. The highest BCUT2D eigenvalue weighted by Gasteiger charge is 2.16. The first-order valence-corrected chi connectivity index (χ1v) is 4.05. The van der Waals surface area contributed by atoms with Crippen molar-refractivity contribution >= 4 is 11.7 Å². The molecule has 6 heteroatoms. The highest BCUT2D eigenvalue weighted by atomic mass is 16.1. The Bertz CT molecular complexity index is 197. The van der Waals surface area contributed by atoms with Crippen molar-refractivity contribution in [1.29, 1.82) is 0 Å². The van der Waals surface area contributed by atoms with Gasteiger partial charge in [0.1, 0.15) is 0 Å². The molecule has 0 aromatic heterocycles. The molecule has 0 spiro atoms. The van der Waals surface area contributed by atoms with Crippen molar-refractivity contribution in [2.45, 2.75) is 25.4 Å². The van der Waals surface area contributed by atoms with Crippen LogP contribution in [0.15, 0.2) is 4.99 Å². The number of carbonyl (C=O) groups excluding carboxylic acids is 1. The smallest absolute Gasteiger partial charge is 0.185 e. The zero-order chi connectivity index (χ0) is 10.4. The zero-order valence-corrected chi connectivity index (χ0v) is 7.73. The third-order valence-electron chi connectivity index (χ3n) is 1.55. The molecule has 0 amide bonds. The summed E-state index contributed by atoms with van der Waals surface area (Å²) in [4.78, 5) is 14.9. The van der Waals surface area contributed by atoms with Crippen molar-refractivity contribution in [2.75, 3.05) is 6.54 Å². The topological polar surface area (TPSA) is 134 Å². The molecule has 2 unspecified atom stereocenters. The molecule has 0 aromatic rings. The summed E-state index contributed by atoms with van der Waals surface area (Å²) in [5.74, 6) is -0.175. The predicted octanol–water partition coefficient (Wildman–Crippen LogP) is -2.11. The summed E-state index contributed by atoms with van der Waals surface area (Å²) < 4.78 is 0. The van der Waals surface area contributed by atoms with Gasteiger partial charge in [-0.05, 0) is 13.3 Å². The number of hydrogen-bond acceptors (Lipinski definition) is 4. The fourth-order valence-electron chi connectivity index (χ4n) is 0.813. The first kappa shape index (κ1) is 11.9. The molecular formula is C7H17N5O. The molecule has 0 aliphatic heterocycles. The van der Waals surface area contributed by atoms with Crippen molar-refractivity contribution in [3.8, 4) is 0 Å². The molecule has 0 aliphatic carbocycles. The molecule has 0 bridgehead atoms. The lowest BCUT2D eigenvalue weighted by atomic mass is 10.1. The largest absolute Gasteiger partial charge is 0.370 e. The number of carbonyl (C=O) groups is 1. The van der Waals surface area contributed by atoms with Crippen molar-refractivity contribution in [2.24, 2.45) is 27.9 Å². The van der Waals surface area contributed by atoms with Gasteiger partial charge in [0, 0.05) is 6.54 Å². The third-order valence-corrected chi connectivity index (χ3v) is 1.55.